The van der Waals surface area contributed by atoms with Crippen LogP contribution in [0.1, 0.15) is 23.8 Å². The highest BCUT2D eigenvalue weighted by atomic mass is 32.2. The van der Waals surface area contributed by atoms with Crippen LogP contribution in [-0.4, -0.2) is 51.1 Å². The number of nitrogens with zero attached hydrogens (tertiary/aromatic N) is 2. The van der Waals surface area contributed by atoms with E-state index in [9.17, 15) is 18.0 Å². The van der Waals surface area contributed by atoms with Gasteiger partial charge in [0.1, 0.15) is 11.5 Å². The first-order valence-corrected chi connectivity index (χ1v) is 12.2. The Labute approximate surface area is 185 Å². The van der Waals surface area contributed by atoms with Crippen molar-refractivity contribution in [3.8, 4) is 11.5 Å². The van der Waals surface area contributed by atoms with Gasteiger partial charge in [0, 0.05) is 30.7 Å². The van der Waals surface area contributed by atoms with Gasteiger partial charge in [0.2, 0.25) is 21.8 Å². The van der Waals surface area contributed by atoms with Crippen LogP contribution in [0.3, 0.4) is 0 Å². The number of benzene rings is 2. The monoisotopic (exact) mass is 462 g/mol. The standard InChI is InChI=1S/C21H22N2O6S2/c1-28-15-5-8-18(29-2)17(13-15)21-22(11-12-30-21)31(26,27)16-6-3-14(4-7-16)23-19(24)9-10-20(23)25/h3-8,13,21H,9-12H2,1-2H3. The van der Waals surface area contributed by atoms with E-state index < -0.39 is 15.4 Å². The van der Waals surface area contributed by atoms with Gasteiger partial charge in [-0.25, -0.2) is 8.42 Å². The van der Waals surface area contributed by atoms with Crippen LogP contribution >= 0.6 is 11.8 Å². The van der Waals surface area contributed by atoms with Crippen LogP contribution in [0.5, 0.6) is 11.5 Å². The molecule has 2 amide bonds. The Morgan fingerprint density at radius 2 is 1.65 bits per heavy atom. The van der Waals surface area contributed by atoms with Crippen LogP contribution in [-0.2, 0) is 19.6 Å². The smallest absolute Gasteiger partial charge is 0.244 e. The van der Waals surface area contributed by atoms with E-state index in [1.54, 1.807) is 32.4 Å². The summed E-state index contributed by atoms with van der Waals surface area (Å²) in [7, 11) is -0.720. The van der Waals surface area contributed by atoms with Crippen LogP contribution in [0.15, 0.2) is 47.4 Å². The van der Waals surface area contributed by atoms with E-state index >= 15 is 0 Å². The van der Waals surface area contributed by atoms with Crippen molar-refractivity contribution in [3.05, 3.63) is 48.0 Å². The molecule has 8 nitrogen and oxygen atoms in total. The Morgan fingerprint density at radius 1 is 0.968 bits per heavy atom. The molecular formula is C21H22N2O6S2. The zero-order valence-corrected chi connectivity index (χ0v) is 18.7. The number of carbonyl (C=O) groups excluding carboxylic acids is 2. The topological polar surface area (TPSA) is 93.2 Å². The van der Waals surface area contributed by atoms with E-state index in [2.05, 4.69) is 0 Å². The minimum Gasteiger partial charge on any atom is -0.497 e. The summed E-state index contributed by atoms with van der Waals surface area (Å²) in [6.45, 7) is 0.350. The maximum absolute atomic E-state index is 13.4. The lowest BCUT2D eigenvalue weighted by atomic mass is 10.2. The average Bonchev–Trinajstić information content (AvgIpc) is 3.40. The Balaban J connectivity index is 1.65. The number of imide groups is 1. The van der Waals surface area contributed by atoms with E-state index in [-0.39, 0.29) is 29.6 Å². The van der Waals surface area contributed by atoms with Crippen molar-refractivity contribution in [2.75, 3.05) is 31.4 Å². The van der Waals surface area contributed by atoms with E-state index in [0.717, 1.165) is 10.5 Å². The fourth-order valence-corrected chi connectivity index (χ4v) is 6.99. The number of amides is 2. The van der Waals surface area contributed by atoms with Crippen LogP contribution in [0.25, 0.3) is 0 Å². The number of hydrogen-bond donors (Lipinski definition) is 0. The number of thioether (sulfide) groups is 1. The number of carbonyl (C=O) groups is 2. The summed E-state index contributed by atoms with van der Waals surface area (Å²) in [6, 6.07) is 11.2. The summed E-state index contributed by atoms with van der Waals surface area (Å²) in [5.41, 5.74) is 1.10. The van der Waals surface area contributed by atoms with Gasteiger partial charge >= 0.3 is 0 Å². The molecule has 0 aromatic heterocycles. The molecule has 2 aliphatic rings. The molecular weight excluding hydrogens is 440 g/mol. The van der Waals surface area contributed by atoms with Crippen molar-refractivity contribution >= 4 is 39.3 Å². The summed E-state index contributed by atoms with van der Waals surface area (Å²) in [4.78, 5) is 25.1. The lowest BCUT2D eigenvalue weighted by molar-refractivity contribution is -0.121. The molecule has 2 aromatic rings. The Kier molecular flexibility index (Phi) is 5.96. The van der Waals surface area contributed by atoms with Crippen LogP contribution in [0.4, 0.5) is 5.69 Å². The van der Waals surface area contributed by atoms with Crippen LogP contribution in [0.2, 0.25) is 0 Å². The summed E-state index contributed by atoms with van der Waals surface area (Å²) in [5.74, 6) is 1.29. The van der Waals surface area contributed by atoms with Crippen molar-refractivity contribution in [3.63, 3.8) is 0 Å². The summed E-state index contributed by atoms with van der Waals surface area (Å²) >= 11 is 1.51. The molecule has 0 saturated carbocycles. The second-order valence-electron chi connectivity index (χ2n) is 7.06. The van der Waals surface area contributed by atoms with Crippen molar-refractivity contribution < 1.29 is 27.5 Å². The summed E-state index contributed by atoms with van der Waals surface area (Å²) < 4.78 is 39.1. The first-order valence-electron chi connectivity index (χ1n) is 9.68. The minimum atomic E-state index is -3.82. The van der Waals surface area contributed by atoms with Crippen molar-refractivity contribution in [1.82, 2.24) is 4.31 Å². The number of rotatable bonds is 6. The molecule has 10 heteroatoms. The summed E-state index contributed by atoms with van der Waals surface area (Å²) in [5, 5.41) is -0.462. The summed E-state index contributed by atoms with van der Waals surface area (Å²) in [6.07, 6.45) is 0.349. The normalized spacial score (nSPS) is 19.8. The maximum Gasteiger partial charge on any atom is 0.244 e. The van der Waals surface area contributed by atoms with E-state index in [0.29, 0.717) is 29.5 Å². The molecule has 4 rings (SSSR count). The Hall–Kier alpha value is -2.56. The molecule has 2 aromatic carbocycles. The number of anilines is 1. The average molecular weight is 463 g/mol. The van der Waals surface area contributed by atoms with Gasteiger partial charge in [-0.15, -0.1) is 11.8 Å². The second kappa shape index (κ2) is 8.52. The molecule has 1 atom stereocenters. The molecule has 0 aliphatic carbocycles. The predicted octanol–water partition coefficient (Wildman–Crippen LogP) is 2.79. The number of sulfonamides is 1. The molecule has 2 heterocycles. The maximum atomic E-state index is 13.4. The highest BCUT2D eigenvalue weighted by molar-refractivity contribution is 8.01. The molecule has 0 radical (unpaired) electrons. The van der Waals surface area contributed by atoms with Crippen LogP contribution in [0, 0.1) is 0 Å². The van der Waals surface area contributed by atoms with Gasteiger partial charge in [0.05, 0.1) is 30.2 Å². The van der Waals surface area contributed by atoms with Gasteiger partial charge in [-0.3, -0.25) is 14.5 Å². The lowest BCUT2D eigenvalue weighted by Gasteiger charge is -2.25. The Bertz CT molecular complexity index is 1100. The molecule has 31 heavy (non-hydrogen) atoms. The van der Waals surface area contributed by atoms with Gasteiger partial charge in [-0.1, -0.05) is 0 Å². The first-order chi connectivity index (χ1) is 14.9. The fraction of sp³-hybridized carbons (Fsp3) is 0.333. The zero-order valence-electron chi connectivity index (χ0n) is 17.1. The molecule has 0 N–H and O–H groups in total. The third kappa shape index (κ3) is 3.90. The zero-order chi connectivity index (χ0) is 22.2. The quantitative estimate of drug-likeness (QED) is 0.610. The van der Waals surface area contributed by atoms with Crippen molar-refractivity contribution in [2.45, 2.75) is 23.1 Å². The number of ether oxygens (including phenoxy) is 2. The number of methoxy groups -OCH3 is 2. The molecule has 1 unspecified atom stereocenters. The van der Waals surface area contributed by atoms with Gasteiger partial charge in [0.25, 0.3) is 0 Å². The van der Waals surface area contributed by atoms with Gasteiger partial charge < -0.3 is 9.47 Å². The van der Waals surface area contributed by atoms with Gasteiger partial charge in [-0.05, 0) is 42.5 Å². The lowest BCUT2D eigenvalue weighted by Crippen LogP contribution is -2.31. The second-order valence-corrected chi connectivity index (χ2v) is 10.1. The molecule has 0 bridgehead atoms. The molecule has 164 valence electrons. The largest absolute Gasteiger partial charge is 0.497 e. The highest BCUT2D eigenvalue weighted by Crippen LogP contribution is 2.45. The van der Waals surface area contributed by atoms with E-state index in [1.807, 2.05) is 0 Å². The van der Waals surface area contributed by atoms with Crippen molar-refractivity contribution in [1.29, 1.82) is 0 Å². The van der Waals surface area contributed by atoms with E-state index in [4.69, 9.17) is 9.47 Å². The number of hydrogen-bond acceptors (Lipinski definition) is 7. The van der Waals surface area contributed by atoms with Crippen LogP contribution < -0.4 is 14.4 Å². The molecule has 2 aliphatic heterocycles. The van der Waals surface area contributed by atoms with Gasteiger partial charge in [0.15, 0.2) is 0 Å². The highest BCUT2D eigenvalue weighted by Gasteiger charge is 2.39. The molecule has 2 fully saturated rings. The SMILES string of the molecule is COc1ccc(OC)c(C2SCCN2S(=O)(=O)c2ccc(N3C(=O)CCC3=O)cc2)c1. The van der Waals surface area contributed by atoms with E-state index in [1.165, 1.54) is 40.3 Å². The first kappa shape index (κ1) is 21.7. The van der Waals surface area contributed by atoms with Gasteiger partial charge in [-0.2, -0.15) is 4.31 Å². The third-order valence-electron chi connectivity index (χ3n) is 5.30. The van der Waals surface area contributed by atoms with Crippen molar-refractivity contribution in [2.24, 2.45) is 0 Å². The minimum absolute atomic E-state index is 0.102. The predicted molar refractivity (Wildman–Crippen MR) is 117 cm³/mol. The molecule has 2 saturated heterocycles. The molecule has 0 spiro atoms. The fourth-order valence-electron chi connectivity index (χ4n) is 3.75. The Morgan fingerprint density at radius 3 is 2.26 bits per heavy atom. The third-order valence-corrected chi connectivity index (χ3v) is 8.56.